The van der Waals surface area contributed by atoms with E-state index < -0.39 is 0 Å². The van der Waals surface area contributed by atoms with Crippen LogP contribution in [-0.2, 0) is 14.3 Å². The standard InChI is InChI=1S/C16H21NO3/c1-12-2-4-14(5-3-12)17-15(18)13-6-8-16(9-7-13)19-10-11-20-16/h2-5,13H,6-11H2,1H3,(H,17,18). The van der Waals surface area contributed by atoms with Crippen LogP contribution in [0.4, 0.5) is 5.69 Å². The lowest BCUT2D eigenvalue weighted by atomic mass is 9.84. The summed E-state index contributed by atoms with van der Waals surface area (Å²) >= 11 is 0. The Morgan fingerprint density at radius 2 is 1.75 bits per heavy atom. The second-order valence-electron chi connectivity index (χ2n) is 5.74. The average Bonchev–Trinajstić information content (AvgIpc) is 2.90. The van der Waals surface area contributed by atoms with Gasteiger partial charge in [-0.2, -0.15) is 0 Å². The fourth-order valence-corrected chi connectivity index (χ4v) is 2.99. The third kappa shape index (κ3) is 2.86. The zero-order valence-corrected chi connectivity index (χ0v) is 11.9. The molecule has 0 unspecified atom stereocenters. The maximum Gasteiger partial charge on any atom is 0.227 e. The molecule has 4 nitrogen and oxygen atoms in total. The van der Waals surface area contributed by atoms with E-state index in [1.54, 1.807) is 0 Å². The number of benzene rings is 1. The Labute approximate surface area is 119 Å². The van der Waals surface area contributed by atoms with E-state index in [1.165, 1.54) is 5.56 Å². The number of hydrogen-bond acceptors (Lipinski definition) is 3. The van der Waals surface area contributed by atoms with Crippen LogP contribution >= 0.6 is 0 Å². The van der Waals surface area contributed by atoms with Crippen molar-refractivity contribution in [2.24, 2.45) is 5.92 Å². The smallest absolute Gasteiger partial charge is 0.227 e. The number of anilines is 1. The Bertz CT molecular complexity index is 467. The lowest BCUT2D eigenvalue weighted by Crippen LogP contribution is -2.38. The number of rotatable bonds is 2. The summed E-state index contributed by atoms with van der Waals surface area (Å²) < 4.78 is 11.4. The molecule has 3 rings (SSSR count). The van der Waals surface area contributed by atoms with Gasteiger partial charge in [-0.1, -0.05) is 17.7 Å². The molecule has 0 radical (unpaired) electrons. The van der Waals surface area contributed by atoms with E-state index in [0.29, 0.717) is 13.2 Å². The minimum atomic E-state index is -0.388. The molecule has 2 aliphatic rings. The predicted molar refractivity (Wildman–Crippen MR) is 76.4 cm³/mol. The molecule has 1 heterocycles. The lowest BCUT2D eigenvalue weighted by molar-refractivity contribution is -0.182. The maximum atomic E-state index is 12.3. The third-order valence-corrected chi connectivity index (χ3v) is 4.25. The normalized spacial score (nSPS) is 22.1. The Kier molecular flexibility index (Phi) is 3.76. The molecule has 2 fully saturated rings. The van der Waals surface area contributed by atoms with Gasteiger partial charge in [0.05, 0.1) is 13.2 Å². The summed E-state index contributed by atoms with van der Waals surface area (Å²) in [5.41, 5.74) is 2.06. The number of aryl methyl sites for hydroxylation is 1. The van der Waals surface area contributed by atoms with Crippen molar-refractivity contribution in [3.63, 3.8) is 0 Å². The molecule has 1 spiro atoms. The SMILES string of the molecule is Cc1ccc(NC(=O)C2CCC3(CC2)OCCO3)cc1. The van der Waals surface area contributed by atoms with Crippen molar-refractivity contribution >= 4 is 11.6 Å². The second-order valence-corrected chi connectivity index (χ2v) is 5.74. The first-order valence-electron chi connectivity index (χ1n) is 7.32. The highest BCUT2D eigenvalue weighted by molar-refractivity contribution is 5.92. The van der Waals surface area contributed by atoms with Gasteiger partial charge in [-0.3, -0.25) is 4.79 Å². The van der Waals surface area contributed by atoms with Gasteiger partial charge >= 0.3 is 0 Å². The van der Waals surface area contributed by atoms with Crippen molar-refractivity contribution in [3.05, 3.63) is 29.8 Å². The predicted octanol–water partition coefficient (Wildman–Crippen LogP) is 2.87. The number of nitrogens with one attached hydrogen (secondary N) is 1. The molecule has 1 aromatic rings. The molecule has 108 valence electrons. The van der Waals surface area contributed by atoms with Gasteiger partial charge in [0, 0.05) is 24.4 Å². The maximum absolute atomic E-state index is 12.3. The van der Waals surface area contributed by atoms with Gasteiger partial charge < -0.3 is 14.8 Å². The van der Waals surface area contributed by atoms with Crippen LogP contribution in [0, 0.1) is 12.8 Å². The van der Waals surface area contributed by atoms with Crippen LogP contribution in [-0.4, -0.2) is 24.9 Å². The third-order valence-electron chi connectivity index (χ3n) is 4.25. The largest absolute Gasteiger partial charge is 0.348 e. The summed E-state index contributed by atoms with van der Waals surface area (Å²) in [4.78, 5) is 12.3. The molecule has 20 heavy (non-hydrogen) atoms. The summed E-state index contributed by atoms with van der Waals surface area (Å²) in [5, 5.41) is 3.00. The molecule has 0 atom stereocenters. The van der Waals surface area contributed by atoms with Crippen molar-refractivity contribution in [1.29, 1.82) is 0 Å². The van der Waals surface area contributed by atoms with E-state index in [1.807, 2.05) is 31.2 Å². The average molecular weight is 275 g/mol. The first-order valence-corrected chi connectivity index (χ1v) is 7.32. The van der Waals surface area contributed by atoms with Gasteiger partial charge in [0.2, 0.25) is 5.91 Å². The fraction of sp³-hybridized carbons (Fsp3) is 0.562. The zero-order chi connectivity index (χ0) is 14.0. The molecule has 1 aliphatic carbocycles. The van der Waals surface area contributed by atoms with Gasteiger partial charge in [-0.25, -0.2) is 0 Å². The number of carbonyl (C=O) groups is 1. The van der Waals surface area contributed by atoms with E-state index in [-0.39, 0.29) is 17.6 Å². The highest BCUT2D eigenvalue weighted by atomic mass is 16.7. The van der Waals surface area contributed by atoms with Crippen LogP contribution in [0.3, 0.4) is 0 Å². The lowest BCUT2D eigenvalue weighted by Gasteiger charge is -2.34. The van der Waals surface area contributed by atoms with Crippen LogP contribution in [0.5, 0.6) is 0 Å². The van der Waals surface area contributed by atoms with Crippen LogP contribution in [0.1, 0.15) is 31.2 Å². The number of carbonyl (C=O) groups excluding carboxylic acids is 1. The van der Waals surface area contributed by atoms with Crippen LogP contribution in [0.2, 0.25) is 0 Å². The summed E-state index contributed by atoms with van der Waals surface area (Å²) in [6, 6.07) is 7.90. The number of ether oxygens (including phenoxy) is 2. The van der Waals surface area contributed by atoms with Gasteiger partial charge in [0.15, 0.2) is 5.79 Å². The quantitative estimate of drug-likeness (QED) is 0.902. The minimum absolute atomic E-state index is 0.0646. The Balaban J connectivity index is 1.55. The van der Waals surface area contributed by atoms with Crippen LogP contribution < -0.4 is 5.32 Å². The van der Waals surface area contributed by atoms with E-state index in [9.17, 15) is 4.79 Å². The molecule has 1 saturated carbocycles. The number of hydrogen-bond donors (Lipinski definition) is 1. The van der Waals surface area contributed by atoms with Gasteiger partial charge in [-0.15, -0.1) is 0 Å². The van der Waals surface area contributed by atoms with Crippen LogP contribution in [0.15, 0.2) is 24.3 Å². The summed E-state index contributed by atoms with van der Waals surface area (Å²) in [7, 11) is 0. The molecule has 1 N–H and O–H groups in total. The molecule has 1 amide bonds. The number of amides is 1. The molecule has 1 saturated heterocycles. The first-order chi connectivity index (χ1) is 9.67. The van der Waals surface area contributed by atoms with E-state index >= 15 is 0 Å². The molecular formula is C16H21NO3. The molecular weight excluding hydrogens is 254 g/mol. The van der Waals surface area contributed by atoms with Crippen molar-refractivity contribution in [1.82, 2.24) is 0 Å². The van der Waals surface area contributed by atoms with Crippen molar-refractivity contribution in [2.75, 3.05) is 18.5 Å². The molecule has 1 aromatic carbocycles. The minimum Gasteiger partial charge on any atom is -0.348 e. The van der Waals surface area contributed by atoms with Gasteiger partial charge in [0.1, 0.15) is 0 Å². The molecule has 1 aliphatic heterocycles. The Morgan fingerprint density at radius 1 is 1.15 bits per heavy atom. The first kappa shape index (κ1) is 13.6. The summed E-state index contributed by atoms with van der Waals surface area (Å²) in [5.74, 6) is -0.211. The van der Waals surface area contributed by atoms with E-state index in [0.717, 1.165) is 31.4 Å². The highest BCUT2D eigenvalue weighted by Crippen LogP contribution is 2.38. The fourth-order valence-electron chi connectivity index (χ4n) is 2.99. The molecule has 0 bridgehead atoms. The second kappa shape index (κ2) is 5.54. The van der Waals surface area contributed by atoms with E-state index in [4.69, 9.17) is 9.47 Å². The van der Waals surface area contributed by atoms with E-state index in [2.05, 4.69) is 5.32 Å². The topological polar surface area (TPSA) is 47.6 Å². The van der Waals surface area contributed by atoms with Crippen molar-refractivity contribution in [3.8, 4) is 0 Å². The zero-order valence-electron chi connectivity index (χ0n) is 11.9. The Morgan fingerprint density at radius 3 is 2.35 bits per heavy atom. The van der Waals surface area contributed by atoms with Gasteiger partial charge in [-0.05, 0) is 31.9 Å². The summed E-state index contributed by atoms with van der Waals surface area (Å²) in [6.45, 7) is 3.40. The van der Waals surface area contributed by atoms with Crippen LogP contribution in [0.25, 0.3) is 0 Å². The van der Waals surface area contributed by atoms with Gasteiger partial charge in [0.25, 0.3) is 0 Å². The van der Waals surface area contributed by atoms with Crippen molar-refractivity contribution < 1.29 is 14.3 Å². The monoisotopic (exact) mass is 275 g/mol. The molecule has 0 aromatic heterocycles. The Hall–Kier alpha value is -1.39. The van der Waals surface area contributed by atoms with Crippen molar-refractivity contribution in [2.45, 2.75) is 38.4 Å². The highest BCUT2D eigenvalue weighted by Gasteiger charge is 2.41. The molecule has 4 heteroatoms. The summed E-state index contributed by atoms with van der Waals surface area (Å²) in [6.07, 6.45) is 3.30.